The second-order valence-corrected chi connectivity index (χ2v) is 8.07. The topological polar surface area (TPSA) is 52.6 Å². The summed E-state index contributed by atoms with van der Waals surface area (Å²) in [5, 5.41) is 0. The molecule has 26 heavy (non-hydrogen) atoms. The second kappa shape index (κ2) is 6.72. The number of halogens is 1. The van der Waals surface area contributed by atoms with Crippen LogP contribution >= 0.6 is 15.9 Å². The average molecular weight is 415 g/mol. The minimum atomic E-state index is -0.617. The van der Waals surface area contributed by atoms with Gasteiger partial charge in [0.25, 0.3) is 0 Å². The van der Waals surface area contributed by atoms with Crippen molar-refractivity contribution >= 4 is 33.8 Å². The lowest BCUT2D eigenvalue weighted by Gasteiger charge is -2.16. The molecule has 0 unspecified atom stereocenters. The zero-order valence-corrected chi connectivity index (χ0v) is 16.6. The first-order valence-corrected chi connectivity index (χ1v) is 9.02. The summed E-state index contributed by atoms with van der Waals surface area (Å²) >= 11 is 3.46. The van der Waals surface area contributed by atoms with Crippen molar-refractivity contribution in [3.63, 3.8) is 0 Å². The van der Waals surface area contributed by atoms with Crippen LogP contribution in [0.5, 0.6) is 11.5 Å². The van der Waals surface area contributed by atoms with Gasteiger partial charge in [-0.2, -0.15) is 0 Å². The molecule has 2 aromatic carbocycles. The number of Topliss-reactive ketones (excluding diaryl/α,β-unsaturated/α-hetero) is 1. The molecule has 0 saturated carbocycles. The minimum Gasteiger partial charge on any atom is -0.452 e. The number of hydrogen-bond donors (Lipinski definition) is 0. The summed E-state index contributed by atoms with van der Waals surface area (Å²) in [6.07, 6.45) is 1.70. The van der Waals surface area contributed by atoms with Gasteiger partial charge in [0.2, 0.25) is 5.78 Å². The summed E-state index contributed by atoms with van der Waals surface area (Å²) in [7, 11) is 0. The summed E-state index contributed by atoms with van der Waals surface area (Å²) in [4.78, 5) is 24.8. The highest BCUT2D eigenvalue weighted by molar-refractivity contribution is 9.10. The molecule has 0 bridgehead atoms. The molecule has 1 aliphatic rings. The van der Waals surface area contributed by atoms with Gasteiger partial charge >= 0.3 is 5.97 Å². The molecule has 0 aliphatic carbocycles. The largest absolute Gasteiger partial charge is 0.452 e. The minimum absolute atomic E-state index is 0.179. The van der Waals surface area contributed by atoms with Gasteiger partial charge in [-0.25, -0.2) is 0 Å². The molecule has 0 spiro atoms. The first kappa shape index (κ1) is 18.4. The molecule has 0 aromatic heterocycles. The van der Waals surface area contributed by atoms with E-state index in [0.29, 0.717) is 22.6 Å². The molecule has 3 rings (SSSR count). The number of carbonyl (C=O) groups excluding carboxylic acids is 2. The van der Waals surface area contributed by atoms with Gasteiger partial charge in [0.1, 0.15) is 11.5 Å². The lowest BCUT2D eigenvalue weighted by Crippen LogP contribution is -2.25. The van der Waals surface area contributed by atoms with Crippen LogP contribution in [0.2, 0.25) is 0 Å². The van der Waals surface area contributed by atoms with Crippen molar-refractivity contribution < 1.29 is 19.1 Å². The molecule has 1 heterocycles. The van der Waals surface area contributed by atoms with Gasteiger partial charge in [-0.05, 0) is 57.0 Å². The van der Waals surface area contributed by atoms with E-state index in [0.717, 1.165) is 10.0 Å². The molecule has 0 atom stereocenters. The zero-order chi connectivity index (χ0) is 19.1. The fourth-order valence-electron chi connectivity index (χ4n) is 2.53. The Morgan fingerprint density at radius 1 is 1.19 bits per heavy atom. The van der Waals surface area contributed by atoms with E-state index < -0.39 is 5.41 Å². The molecule has 0 saturated heterocycles. The number of allylic oxidation sites excluding steroid dienone is 1. The zero-order valence-electron chi connectivity index (χ0n) is 15.1. The third-order valence-corrected chi connectivity index (χ3v) is 4.68. The van der Waals surface area contributed by atoms with Gasteiger partial charge in [-0.15, -0.1) is 0 Å². The van der Waals surface area contributed by atoms with Gasteiger partial charge in [-0.3, -0.25) is 9.59 Å². The number of rotatable bonds is 2. The summed E-state index contributed by atoms with van der Waals surface area (Å²) in [6, 6.07) is 10.8. The molecular weight excluding hydrogens is 396 g/mol. The predicted octanol–water partition coefficient (Wildman–Crippen LogP) is 5.33. The average Bonchev–Trinajstić information content (AvgIpc) is 2.85. The second-order valence-electron chi connectivity index (χ2n) is 7.21. The Bertz CT molecular complexity index is 936. The molecule has 1 aliphatic heterocycles. The van der Waals surface area contributed by atoms with Gasteiger partial charge in [0.15, 0.2) is 5.76 Å². The van der Waals surface area contributed by atoms with Crippen molar-refractivity contribution in [2.75, 3.05) is 0 Å². The van der Waals surface area contributed by atoms with Crippen molar-refractivity contribution in [2.45, 2.75) is 27.7 Å². The van der Waals surface area contributed by atoms with E-state index in [9.17, 15) is 9.59 Å². The Morgan fingerprint density at radius 2 is 1.88 bits per heavy atom. The maximum atomic E-state index is 12.7. The van der Waals surface area contributed by atoms with Crippen LogP contribution < -0.4 is 9.47 Å². The molecule has 0 N–H and O–H groups in total. The Balaban J connectivity index is 1.94. The van der Waals surface area contributed by atoms with Crippen LogP contribution in [0.1, 0.15) is 42.3 Å². The van der Waals surface area contributed by atoms with Crippen molar-refractivity contribution in [1.29, 1.82) is 0 Å². The van der Waals surface area contributed by atoms with Crippen LogP contribution in [-0.4, -0.2) is 11.8 Å². The van der Waals surface area contributed by atoms with E-state index in [2.05, 4.69) is 15.9 Å². The molecular formula is C21H19BrO4. The Labute approximate surface area is 160 Å². The Hall–Kier alpha value is -2.40. The lowest BCUT2D eigenvalue weighted by molar-refractivity contribution is -0.143. The van der Waals surface area contributed by atoms with Gasteiger partial charge < -0.3 is 9.47 Å². The van der Waals surface area contributed by atoms with E-state index in [1.165, 1.54) is 0 Å². The van der Waals surface area contributed by atoms with Crippen molar-refractivity contribution in [3.8, 4) is 11.5 Å². The van der Waals surface area contributed by atoms with Crippen LogP contribution in [0.15, 0.2) is 46.6 Å². The molecule has 4 nitrogen and oxygen atoms in total. The van der Waals surface area contributed by atoms with Gasteiger partial charge in [0, 0.05) is 10.5 Å². The summed E-state index contributed by atoms with van der Waals surface area (Å²) in [6.45, 7) is 7.16. The van der Waals surface area contributed by atoms with E-state index in [-0.39, 0.29) is 17.5 Å². The first-order valence-electron chi connectivity index (χ1n) is 8.22. The van der Waals surface area contributed by atoms with Crippen LogP contribution in [0.25, 0.3) is 6.08 Å². The summed E-state index contributed by atoms with van der Waals surface area (Å²) in [5.41, 5.74) is 1.44. The molecule has 134 valence electrons. The standard InChI is InChI=1S/C21H19BrO4/c1-12-9-14(25-20(24)21(2,3)4)11-16-18(12)19(23)17(26-16)10-13-7-5-6-8-15(13)22/h5-11H,1-4H3/b17-10-. The maximum Gasteiger partial charge on any atom is 0.316 e. The number of aryl methyl sites for hydroxylation is 1. The number of esters is 1. The van der Waals surface area contributed by atoms with E-state index in [1.54, 1.807) is 45.9 Å². The number of fused-ring (bicyclic) bond motifs is 1. The molecule has 0 fully saturated rings. The lowest BCUT2D eigenvalue weighted by atomic mass is 9.97. The highest BCUT2D eigenvalue weighted by Gasteiger charge is 2.31. The van der Waals surface area contributed by atoms with Crippen molar-refractivity contribution in [3.05, 3.63) is 63.3 Å². The van der Waals surface area contributed by atoms with E-state index in [4.69, 9.17) is 9.47 Å². The monoisotopic (exact) mass is 414 g/mol. The third kappa shape index (κ3) is 3.58. The molecule has 5 heteroatoms. The highest BCUT2D eigenvalue weighted by atomic mass is 79.9. The van der Waals surface area contributed by atoms with Gasteiger partial charge in [-0.1, -0.05) is 34.1 Å². The van der Waals surface area contributed by atoms with Gasteiger partial charge in [0.05, 0.1) is 11.0 Å². The van der Waals surface area contributed by atoms with Crippen LogP contribution in [-0.2, 0) is 4.79 Å². The van der Waals surface area contributed by atoms with Crippen LogP contribution in [0, 0.1) is 12.3 Å². The van der Waals surface area contributed by atoms with Crippen LogP contribution in [0.4, 0.5) is 0 Å². The van der Waals surface area contributed by atoms with Crippen LogP contribution in [0.3, 0.4) is 0 Å². The number of carbonyl (C=O) groups is 2. The SMILES string of the molecule is Cc1cc(OC(=O)C(C)(C)C)cc2c1C(=O)/C(=C/c1ccccc1Br)O2. The smallest absolute Gasteiger partial charge is 0.316 e. The fraction of sp³-hybridized carbons (Fsp3) is 0.238. The number of ketones is 1. The molecule has 0 radical (unpaired) electrons. The normalized spacial score (nSPS) is 15.0. The van der Waals surface area contributed by atoms with E-state index in [1.807, 2.05) is 24.3 Å². The van der Waals surface area contributed by atoms with E-state index >= 15 is 0 Å². The number of benzene rings is 2. The van der Waals surface area contributed by atoms with Crippen molar-refractivity contribution in [1.82, 2.24) is 0 Å². The quantitative estimate of drug-likeness (QED) is 0.378. The maximum absolute atomic E-state index is 12.7. The highest BCUT2D eigenvalue weighted by Crippen LogP contribution is 2.38. The first-order chi connectivity index (χ1) is 12.2. The Kier molecular flexibility index (Phi) is 4.76. The third-order valence-electron chi connectivity index (χ3n) is 3.96. The molecule has 0 amide bonds. The number of hydrogen-bond acceptors (Lipinski definition) is 4. The predicted molar refractivity (Wildman–Crippen MR) is 103 cm³/mol. The fourth-order valence-corrected chi connectivity index (χ4v) is 2.93. The Morgan fingerprint density at radius 3 is 2.54 bits per heavy atom. The molecule has 2 aromatic rings. The summed E-state index contributed by atoms with van der Waals surface area (Å²) in [5.74, 6) is 0.502. The summed E-state index contributed by atoms with van der Waals surface area (Å²) < 4.78 is 12.1. The van der Waals surface area contributed by atoms with Crippen molar-refractivity contribution in [2.24, 2.45) is 5.41 Å². The number of ether oxygens (including phenoxy) is 2.